The van der Waals surface area contributed by atoms with Gasteiger partial charge >= 0.3 is 0 Å². The molecule has 0 aliphatic heterocycles. The second kappa shape index (κ2) is 3.65. The molecule has 0 spiro atoms. The van der Waals surface area contributed by atoms with Crippen molar-refractivity contribution < 1.29 is 4.39 Å². The number of halogens is 2. The second-order valence-electron chi connectivity index (χ2n) is 4.34. The summed E-state index contributed by atoms with van der Waals surface area (Å²) in [6.45, 7) is 0. The minimum atomic E-state index is -0.241. The molecule has 0 aliphatic rings. The summed E-state index contributed by atoms with van der Waals surface area (Å²) in [7, 11) is 0. The van der Waals surface area contributed by atoms with Crippen molar-refractivity contribution in [1.82, 2.24) is 14.4 Å². The average Bonchev–Trinajstić information content (AvgIpc) is 2.79. The van der Waals surface area contributed by atoms with Gasteiger partial charge in [-0.2, -0.15) is 0 Å². The third-order valence-electron chi connectivity index (χ3n) is 3.27. The van der Waals surface area contributed by atoms with E-state index in [1.54, 1.807) is 24.7 Å². The maximum Gasteiger partial charge on any atom is 0.132 e. The van der Waals surface area contributed by atoms with Crippen molar-refractivity contribution in [2.24, 2.45) is 0 Å². The molecule has 5 heteroatoms. The number of benzene rings is 1. The Morgan fingerprint density at radius 3 is 2.84 bits per heavy atom. The van der Waals surface area contributed by atoms with Crippen LogP contribution in [0.2, 0.25) is 5.15 Å². The standard InChI is InChI=1S/C14H7ClFN3/c15-14-5-9-11(6-17-14)18-7-19-12-3-1-2-10(16)8(12)4-13(9)19/h1-7H. The molecule has 1 aromatic carbocycles. The largest absolute Gasteiger partial charge is 0.300 e. The van der Waals surface area contributed by atoms with Crippen LogP contribution in [0.1, 0.15) is 0 Å². The van der Waals surface area contributed by atoms with E-state index >= 15 is 0 Å². The quantitative estimate of drug-likeness (QED) is 0.455. The van der Waals surface area contributed by atoms with E-state index in [1.807, 2.05) is 16.5 Å². The van der Waals surface area contributed by atoms with Crippen LogP contribution < -0.4 is 0 Å². The fraction of sp³-hybridized carbons (Fsp3) is 0. The summed E-state index contributed by atoms with van der Waals surface area (Å²) in [4.78, 5) is 8.33. The van der Waals surface area contributed by atoms with Gasteiger partial charge in [-0.3, -0.25) is 4.40 Å². The summed E-state index contributed by atoms with van der Waals surface area (Å²) in [5.74, 6) is -0.241. The first-order chi connectivity index (χ1) is 9.24. The molecule has 19 heavy (non-hydrogen) atoms. The Balaban J connectivity index is 2.30. The Morgan fingerprint density at radius 1 is 1.05 bits per heavy atom. The molecular weight excluding hydrogens is 265 g/mol. The van der Waals surface area contributed by atoms with Crippen molar-refractivity contribution in [3.8, 4) is 0 Å². The zero-order valence-electron chi connectivity index (χ0n) is 9.64. The van der Waals surface area contributed by atoms with Crippen LogP contribution in [0.4, 0.5) is 4.39 Å². The monoisotopic (exact) mass is 271 g/mol. The first-order valence-corrected chi connectivity index (χ1v) is 6.11. The van der Waals surface area contributed by atoms with E-state index < -0.39 is 0 Å². The average molecular weight is 272 g/mol. The van der Waals surface area contributed by atoms with E-state index in [1.165, 1.54) is 6.07 Å². The highest BCUT2D eigenvalue weighted by Crippen LogP contribution is 2.27. The predicted molar refractivity (Wildman–Crippen MR) is 73.0 cm³/mol. The third-order valence-corrected chi connectivity index (χ3v) is 3.47. The molecule has 4 rings (SSSR count). The Bertz CT molecular complexity index is 946. The van der Waals surface area contributed by atoms with Crippen LogP contribution in [0.3, 0.4) is 0 Å². The highest BCUT2D eigenvalue weighted by Gasteiger charge is 2.10. The zero-order valence-corrected chi connectivity index (χ0v) is 10.4. The van der Waals surface area contributed by atoms with Gasteiger partial charge in [0.25, 0.3) is 0 Å². The first kappa shape index (κ1) is 10.7. The lowest BCUT2D eigenvalue weighted by atomic mass is 10.2. The zero-order chi connectivity index (χ0) is 13.0. The molecule has 0 fully saturated rings. The van der Waals surface area contributed by atoms with Crippen LogP contribution in [0, 0.1) is 5.82 Å². The maximum atomic E-state index is 13.8. The van der Waals surface area contributed by atoms with Crippen LogP contribution in [-0.4, -0.2) is 14.4 Å². The first-order valence-electron chi connectivity index (χ1n) is 5.73. The summed E-state index contributed by atoms with van der Waals surface area (Å²) >= 11 is 5.93. The molecule has 0 amide bonds. The SMILES string of the molecule is Fc1cccc2c1cc1c3cc(Cl)ncc3ncn21. The number of rotatable bonds is 0. The molecule has 3 aromatic heterocycles. The van der Waals surface area contributed by atoms with Crippen LogP contribution in [0.5, 0.6) is 0 Å². The van der Waals surface area contributed by atoms with Crippen molar-refractivity contribution in [1.29, 1.82) is 0 Å². The van der Waals surface area contributed by atoms with E-state index in [9.17, 15) is 4.39 Å². The smallest absolute Gasteiger partial charge is 0.132 e. The van der Waals surface area contributed by atoms with E-state index in [2.05, 4.69) is 9.97 Å². The van der Waals surface area contributed by atoms with E-state index in [0.29, 0.717) is 10.5 Å². The molecule has 0 radical (unpaired) electrons. The summed E-state index contributed by atoms with van der Waals surface area (Å²) in [6, 6.07) is 8.56. The molecule has 4 aromatic rings. The van der Waals surface area contributed by atoms with E-state index in [4.69, 9.17) is 11.6 Å². The molecule has 0 atom stereocenters. The Labute approximate surface area is 112 Å². The predicted octanol–water partition coefficient (Wildman–Crippen LogP) is 3.83. The lowest BCUT2D eigenvalue weighted by molar-refractivity contribution is 0.640. The summed E-state index contributed by atoms with van der Waals surface area (Å²) in [5.41, 5.74) is 2.40. The molecule has 0 N–H and O–H groups in total. The molecule has 92 valence electrons. The minimum Gasteiger partial charge on any atom is -0.300 e. The summed E-state index contributed by atoms with van der Waals surface area (Å²) in [5, 5.41) is 1.83. The number of hydrogen-bond donors (Lipinski definition) is 0. The highest BCUT2D eigenvalue weighted by molar-refractivity contribution is 6.30. The molecule has 0 saturated carbocycles. The Kier molecular flexibility index (Phi) is 2.05. The third kappa shape index (κ3) is 1.43. The van der Waals surface area contributed by atoms with Gasteiger partial charge in [-0.25, -0.2) is 14.4 Å². The van der Waals surface area contributed by atoms with Gasteiger partial charge in [0.05, 0.1) is 22.7 Å². The Hall–Kier alpha value is -2.20. The highest BCUT2D eigenvalue weighted by atomic mass is 35.5. The molecule has 0 saturated heterocycles. The van der Waals surface area contributed by atoms with E-state index in [0.717, 1.165) is 21.9 Å². The van der Waals surface area contributed by atoms with Gasteiger partial charge in [0.2, 0.25) is 0 Å². The molecule has 0 bridgehead atoms. The molecule has 0 aliphatic carbocycles. The molecule has 3 nitrogen and oxygen atoms in total. The van der Waals surface area contributed by atoms with Gasteiger partial charge in [0.15, 0.2) is 0 Å². The lowest BCUT2D eigenvalue weighted by Gasteiger charge is -2.01. The van der Waals surface area contributed by atoms with Gasteiger partial charge in [0.1, 0.15) is 17.3 Å². The number of hydrogen-bond acceptors (Lipinski definition) is 2. The van der Waals surface area contributed by atoms with Crippen LogP contribution in [0.15, 0.2) is 42.9 Å². The Morgan fingerprint density at radius 2 is 1.95 bits per heavy atom. The number of nitrogens with zero attached hydrogens (tertiary/aromatic N) is 3. The second-order valence-corrected chi connectivity index (χ2v) is 4.73. The topological polar surface area (TPSA) is 30.2 Å². The minimum absolute atomic E-state index is 0.241. The fourth-order valence-corrected chi connectivity index (χ4v) is 2.56. The summed E-state index contributed by atoms with van der Waals surface area (Å²) in [6.07, 6.45) is 3.29. The fourth-order valence-electron chi connectivity index (χ4n) is 2.40. The molecule has 3 heterocycles. The molecule has 0 unspecified atom stereocenters. The van der Waals surface area contributed by atoms with Crippen molar-refractivity contribution >= 4 is 38.9 Å². The van der Waals surface area contributed by atoms with Crippen LogP contribution in [-0.2, 0) is 0 Å². The van der Waals surface area contributed by atoms with Gasteiger partial charge in [-0.05, 0) is 24.3 Å². The number of pyridine rings is 1. The van der Waals surface area contributed by atoms with Crippen molar-refractivity contribution in [3.05, 3.63) is 53.8 Å². The van der Waals surface area contributed by atoms with Crippen molar-refractivity contribution in [2.75, 3.05) is 0 Å². The number of aromatic nitrogens is 3. The summed E-state index contributed by atoms with van der Waals surface area (Å²) < 4.78 is 15.7. The number of fused-ring (bicyclic) bond motifs is 5. The van der Waals surface area contributed by atoms with Crippen LogP contribution in [0.25, 0.3) is 27.3 Å². The van der Waals surface area contributed by atoms with Crippen molar-refractivity contribution in [2.45, 2.75) is 0 Å². The molecular formula is C14H7ClFN3. The van der Waals surface area contributed by atoms with Crippen molar-refractivity contribution in [3.63, 3.8) is 0 Å². The van der Waals surface area contributed by atoms with Gasteiger partial charge < -0.3 is 0 Å². The lowest BCUT2D eigenvalue weighted by Crippen LogP contribution is -1.90. The van der Waals surface area contributed by atoms with Gasteiger partial charge in [-0.15, -0.1) is 0 Å². The maximum absolute atomic E-state index is 13.8. The van der Waals surface area contributed by atoms with Gasteiger partial charge in [-0.1, -0.05) is 17.7 Å². The van der Waals surface area contributed by atoms with Gasteiger partial charge in [0, 0.05) is 10.8 Å². The normalized spacial score (nSPS) is 11.7. The van der Waals surface area contributed by atoms with Crippen LogP contribution >= 0.6 is 11.6 Å². The van der Waals surface area contributed by atoms with E-state index in [-0.39, 0.29) is 5.82 Å².